The van der Waals surface area contributed by atoms with Crippen molar-refractivity contribution in [3.8, 4) is 0 Å². The van der Waals surface area contributed by atoms with E-state index in [1.165, 1.54) is 30.6 Å². The number of unbranched alkanes of at least 4 members (excludes halogenated alkanes) is 3. The molecule has 0 saturated carbocycles. The van der Waals surface area contributed by atoms with E-state index in [2.05, 4.69) is 17.7 Å². The second-order valence-electron chi connectivity index (χ2n) is 4.17. The molecule has 16 heavy (non-hydrogen) atoms. The van der Waals surface area contributed by atoms with Gasteiger partial charge in [0.2, 0.25) is 0 Å². The molecule has 2 nitrogen and oxygen atoms in total. The molecule has 1 atom stereocenters. The summed E-state index contributed by atoms with van der Waals surface area (Å²) < 4.78 is 0. The molecule has 0 bridgehead atoms. The van der Waals surface area contributed by atoms with Crippen LogP contribution in [0.3, 0.4) is 0 Å². The third kappa shape index (κ3) is 3.74. The van der Waals surface area contributed by atoms with Gasteiger partial charge in [-0.2, -0.15) is 0 Å². The van der Waals surface area contributed by atoms with Crippen molar-refractivity contribution in [2.45, 2.75) is 52.0 Å². The van der Waals surface area contributed by atoms with Crippen LogP contribution >= 0.6 is 22.9 Å². The Hall–Kier alpha value is -0.0900. The summed E-state index contributed by atoms with van der Waals surface area (Å²) in [6, 6.07) is 0.211. The van der Waals surface area contributed by atoms with E-state index >= 15 is 0 Å². The zero-order valence-corrected chi connectivity index (χ0v) is 11.6. The monoisotopic (exact) mass is 260 g/mol. The number of hydrogen-bond acceptors (Lipinski definition) is 3. The fraction of sp³-hybridized carbons (Fsp3) is 0.667. The van der Waals surface area contributed by atoms with Gasteiger partial charge < -0.3 is 0 Å². The number of nitrogens with two attached hydrogens (primary N) is 1. The van der Waals surface area contributed by atoms with Gasteiger partial charge in [0.05, 0.1) is 11.1 Å². The normalized spacial score (nSPS) is 13.0. The lowest BCUT2D eigenvalue weighted by atomic mass is 10.1. The topological polar surface area (TPSA) is 38.0 Å². The Morgan fingerprint density at radius 2 is 2.19 bits per heavy atom. The second-order valence-corrected chi connectivity index (χ2v) is 5.45. The predicted molar refractivity (Wildman–Crippen MR) is 72.9 cm³/mol. The molecule has 0 radical (unpaired) electrons. The average Bonchev–Trinajstić information content (AvgIpc) is 2.61. The maximum Gasteiger partial charge on any atom is 0.0590 e. The van der Waals surface area contributed by atoms with Crippen molar-refractivity contribution in [1.82, 2.24) is 5.43 Å². The van der Waals surface area contributed by atoms with E-state index in [1.807, 2.05) is 6.92 Å². The molecule has 0 fully saturated rings. The minimum absolute atomic E-state index is 0.211. The van der Waals surface area contributed by atoms with Crippen LogP contribution in [0.5, 0.6) is 0 Å². The molecular weight excluding hydrogens is 240 g/mol. The molecule has 3 N–H and O–H groups in total. The average molecular weight is 261 g/mol. The summed E-state index contributed by atoms with van der Waals surface area (Å²) in [4.78, 5) is 1.18. The maximum atomic E-state index is 6.24. The molecule has 0 saturated heterocycles. The molecule has 1 aromatic rings. The Labute approximate surface area is 107 Å². The molecule has 0 aliphatic rings. The van der Waals surface area contributed by atoms with Crippen LogP contribution in [-0.2, 0) is 0 Å². The van der Waals surface area contributed by atoms with Gasteiger partial charge in [0.1, 0.15) is 0 Å². The first-order valence-corrected chi connectivity index (χ1v) is 7.16. The summed E-state index contributed by atoms with van der Waals surface area (Å²) in [5.74, 6) is 5.60. The highest BCUT2D eigenvalue weighted by Crippen LogP contribution is 2.34. The second kappa shape index (κ2) is 7.28. The van der Waals surface area contributed by atoms with E-state index in [9.17, 15) is 0 Å². The Bertz CT molecular complexity index is 312. The van der Waals surface area contributed by atoms with E-state index in [-0.39, 0.29) is 6.04 Å². The number of hydrogen-bond donors (Lipinski definition) is 2. The number of rotatable bonds is 7. The van der Waals surface area contributed by atoms with Gasteiger partial charge in [-0.3, -0.25) is 11.3 Å². The van der Waals surface area contributed by atoms with E-state index in [0.717, 1.165) is 17.0 Å². The lowest BCUT2D eigenvalue weighted by molar-refractivity contribution is 0.488. The maximum absolute atomic E-state index is 6.24. The van der Waals surface area contributed by atoms with Crippen molar-refractivity contribution < 1.29 is 0 Å². The van der Waals surface area contributed by atoms with Gasteiger partial charge in [-0.25, -0.2) is 0 Å². The van der Waals surface area contributed by atoms with Crippen LogP contribution in [0.1, 0.15) is 55.5 Å². The van der Waals surface area contributed by atoms with Crippen molar-refractivity contribution >= 4 is 22.9 Å². The summed E-state index contributed by atoms with van der Waals surface area (Å²) in [5.41, 5.74) is 4.02. The zero-order chi connectivity index (χ0) is 12.0. The van der Waals surface area contributed by atoms with Crippen molar-refractivity contribution in [1.29, 1.82) is 0 Å². The Kier molecular flexibility index (Phi) is 6.36. The third-order valence-corrected chi connectivity index (χ3v) is 4.62. The molecule has 0 spiro atoms. The minimum atomic E-state index is 0.211. The minimum Gasteiger partial charge on any atom is -0.271 e. The van der Waals surface area contributed by atoms with Crippen LogP contribution in [0, 0.1) is 6.92 Å². The number of aryl methyl sites for hydroxylation is 1. The van der Waals surface area contributed by atoms with Gasteiger partial charge in [0, 0.05) is 4.88 Å². The molecule has 0 aliphatic carbocycles. The fourth-order valence-corrected chi connectivity index (χ4v) is 3.17. The number of halogens is 1. The number of thiophene rings is 1. The van der Waals surface area contributed by atoms with Crippen molar-refractivity contribution in [3.63, 3.8) is 0 Å². The highest BCUT2D eigenvalue weighted by Gasteiger charge is 2.16. The molecule has 0 amide bonds. The number of hydrazine groups is 1. The Morgan fingerprint density at radius 3 is 2.69 bits per heavy atom. The first-order chi connectivity index (χ1) is 7.70. The van der Waals surface area contributed by atoms with Gasteiger partial charge in [-0.15, -0.1) is 11.3 Å². The standard InChI is InChI=1S/C12H21ClN2S/c1-3-4-5-6-7-10(15-14)12-11(13)9(2)8-16-12/h8,10,15H,3-7,14H2,1-2H3. The van der Waals surface area contributed by atoms with Crippen LogP contribution in [0.15, 0.2) is 5.38 Å². The first-order valence-electron chi connectivity index (χ1n) is 5.90. The molecule has 4 heteroatoms. The summed E-state index contributed by atoms with van der Waals surface area (Å²) in [6.45, 7) is 4.26. The van der Waals surface area contributed by atoms with Crippen LogP contribution < -0.4 is 11.3 Å². The van der Waals surface area contributed by atoms with Gasteiger partial charge in [-0.1, -0.05) is 44.2 Å². The van der Waals surface area contributed by atoms with Crippen LogP contribution in [0.25, 0.3) is 0 Å². The lowest BCUT2D eigenvalue weighted by Gasteiger charge is -2.14. The number of nitrogens with one attached hydrogen (secondary N) is 1. The summed E-state index contributed by atoms with van der Waals surface area (Å²) in [5, 5.41) is 2.97. The van der Waals surface area contributed by atoms with Crippen LogP contribution in [0.2, 0.25) is 5.02 Å². The Balaban J connectivity index is 2.51. The summed E-state index contributed by atoms with van der Waals surface area (Å²) >= 11 is 7.94. The molecule has 1 aromatic heterocycles. The summed E-state index contributed by atoms with van der Waals surface area (Å²) in [6.07, 6.45) is 6.11. The van der Waals surface area contributed by atoms with Crippen molar-refractivity contribution in [2.75, 3.05) is 0 Å². The largest absolute Gasteiger partial charge is 0.271 e. The molecular formula is C12H21ClN2S. The third-order valence-electron chi connectivity index (χ3n) is 2.79. The lowest BCUT2D eigenvalue weighted by Crippen LogP contribution is -2.27. The first kappa shape index (κ1) is 14.0. The SMILES string of the molecule is CCCCCCC(NN)c1scc(C)c1Cl. The molecule has 0 aromatic carbocycles. The Morgan fingerprint density at radius 1 is 1.44 bits per heavy atom. The fourth-order valence-electron chi connectivity index (χ4n) is 1.75. The zero-order valence-electron chi connectivity index (χ0n) is 10.1. The molecule has 92 valence electrons. The van der Waals surface area contributed by atoms with Gasteiger partial charge in [0.15, 0.2) is 0 Å². The molecule has 0 aliphatic heterocycles. The van der Waals surface area contributed by atoms with Gasteiger partial charge in [-0.05, 0) is 24.3 Å². The smallest absolute Gasteiger partial charge is 0.0590 e. The molecule has 1 heterocycles. The molecule has 1 rings (SSSR count). The van der Waals surface area contributed by atoms with E-state index in [0.29, 0.717) is 0 Å². The molecule has 1 unspecified atom stereocenters. The quantitative estimate of drug-likeness (QED) is 0.438. The van der Waals surface area contributed by atoms with Crippen molar-refractivity contribution in [3.05, 3.63) is 20.8 Å². The van der Waals surface area contributed by atoms with Crippen LogP contribution in [-0.4, -0.2) is 0 Å². The predicted octanol–water partition coefficient (Wildman–Crippen LogP) is 4.18. The van der Waals surface area contributed by atoms with Gasteiger partial charge >= 0.3 is 0 Å². The van der Waals surface area contributed by atoms with E-state index in [4.69, 9.17) is 17.4 Å². The highest BCUT2D eigenvalue weighted by atomic mass is 35.5. The summed E-state index contributed by atoms with van der Waals surface area (Å²) in [7, 11) is 0. The van der Waals surface area contributed by atoms with E-state index < -0.39 is 0 Å². The van der Waals surface area contributed by atoms with Crippen molar-refractivity contribution in [2.24, 2.45) is 5.84 Å². The van der Waals surface area contributed by atoms with Crippen LogP contribution in [0.4, 0.5) is 0 Å². The highest BCUT2D eigenvalue weighted by molar-refractivity contribution is 7.10. The van der Waals surface area contributed by atoms with Gasteiger partial charge in [0.25, 0.3) is 0 Å². The van der Waals surface area contributed by atoms with E-state index in [1.54, 1.807) is 11.3 Å².